The molecule has 0 bridgehead atoms. The first-order chi connectivity index (χ1) is 22.6. The third-order valence-corrected chi connectivity index (χ3v) is 7.75. The number of halogens is 2. The Morgan fingerprint density at radius 1 is 1.06 bits per heavy atom. The summed E-state index contributed by atoms with van der Waals surface area (Å²) in [5, 5.41) is 20.7. The molecule has 0 aliphatic carbocycles. The highest BCUT2D eigenvalue weighted by Crippen LogP contribution is 2.36. The van der Waals surface area contributed by atoms with Crippen molar-refractivity contribution in [1.82, 2.24) is 16.1 Å². The van der Waals surface area contributed by atoms with Crippen LogP contribution in [0.3, 0.4) is 0 Å². The highest BCUT2D eigenvalue weighted by molar-refractivity contribution is 14.1. The fraction of sp³-hybridized carbons (Fsp3) is 0.303. The number of methoxy groups -OCH3 is 1. The van der Waals surface area contributed by atoms with Crippen LogP contribution in [0.2, 0.25) is 5.02 Å². The predicted molar refractivity (Wildman–Crippen MR) is 185 cm³/mol. The fourth-order valence-electron chi connectivity index (χ4n) is 4.67. The Labute approximate surface area is 291 Å². The molecular formula is C33H36ClIN4O8. The molecule has 4 rings (SSSR count). The monoisotopic (exact) mass is 778 g/mol. The number of amides is 2. The first-order valence-electron chi connectivity index (χ1n) is 14.7. The molecule has 2 atom stereocenters. The van der Waals surface area contributed by atoms with Crippen molar-refractivity contribution >= 4 is 52.4 Å². The highest BCUT2D eigenvalue weighted by Gasteiger charge is 2.32. The molecule has 12 nitrogen and oxygen atoms in total. The third kappa shape index (κ3) is 9.65. The lowest BCUT2D eigenvalue weighted by Crippen LogP contribution is -2.45. The molecule has 47 heavy (non-hydrogen) atoms. The van der Waals surface area contributed by atoms with Gasteiger partial charge in [-0.1, -0.05) is 29.8 Å². The van der Waals surface area contributed by atoms with E-state index in [2.05, 4.69) is 43.8 Å². The molecule has 1 aliphatic rings. The fourth-order valence-corrected chi connectivity index (χ4v) is 5.66. The topological polar surface area (TPSA) is 149 Å². The third-order valence-electron chi connectivity index (χ3n) is 6.71. The standard InChI is InChI=1S/C33H36ClIN4O8/c1-5-44-26-15-22(30-29(32(41)43-4)19(3)37-33(42)38-30)10-11-25(26)46-18-28(40)39-36-16-21-13-24(35)31(27(14-21)45-6-2)47-17-20-8-7-9-23(34)12-20/h7-16,28,30,39-40H,5-6,17-18H2,1-4H3,(H2,37,38,42)/b36-16+/t28-,30+/m0/s1. The van der Waals surface area contributed by atoms with Gasteiger partial charge < -0.3 is 39.4 Å². The van der Waals surface area contributed by atoms with Gasteiger partial charge in [0.15, 0.2) is 29.2 Å². The molecule has 250 valence electrons. The number of aliphatic hydroxyl groups is 1. The van der Waals surface area contributed by atoms with E-state index in [0.29, 0.717) is 59.1 Å². The second kappa shape index (κ2) is 17.1. The number of hydrogen-bond donors (Lipinski definition) is 4. The van der Waals surface area contributed by atoms with Crippen molar-refractivity contribution in [3.63, 3.8) is 0 Å². The molecule has 0 unspecified atom stereocenters. The first kappa shape index (κ1) is 35.6. The van der Waals surface area contributed by atoms with Crippen LogP contribution in [0.1, 0.15) is 43.5 Å². The average molecular weight is 779 g/mol. The van der Waals surface area contributed by atoms with Gasteiger partial charge in [-0.2, -0.15) is 5.10 Å². The zero-order chi connectivity index (χ0) is 33.9. The normalized spacial score (nSPS) is 15.0. The molecule has 0 spiro atoms. The summed E-state index contributed by atoms with van der Waals surface area (Å²) in [5.41, 5.74) is 5.55. The molecule has 0 saturated carbocycles. The minimum absolute atomic E-state index is 0.161. The number of carbonyl (C=O) groups is 2. The van der Waals surface area contributed by atoms with Gasteiger partial charge in [0.2, 0.25) is 0 Å². The van der Waals surface area contributed by atoms with Crippen molar-refractivity contribution in [3.05, 3.63) is 91.2 Å². The molecule has 0 saturated heterocycles. The number of rotatable bonds is 15. The number of ether oxygens (including phenoxy) is 5. The summed E-state index contributed by atoms with van der Waals surface area (Å²) in [6.45, 7) is 6.26. The Morgan fingerprint density at radius 2 is 1.83 bits per heavy atom. The number of aliphatic hydroxyl groups excluding tert-OH is 1. The maximum absolute atomic E-state index is 12.5. The van der Waals surface area contributed by atoms with E-state index < -0.39 is 24.3 Å². The molecule has 0 aromatic heterocycles. The summed E-state index contributed by atoms with van der Waals surface area (Å²) in [5.74, 6) is 1.32. The maximum atomic E-state index is 12.5. The predicted octanol–water partition coefficient (Wildman–Crippen LogP) is 5.44. The second-order valence-electron chi connectivity index (χ2n) is 10.1. The Kier molecular flexibility index (Phi) is 13.0. The van der Waals surface area contributed by atoms with E-state index in [1.54, 1.807) is 37.4 Å². The number of carbonyl (C=O) groups excluding carboxylic acids is 2. The van der Waals surface area contributed by atoms with Crippen LogP contribution in [0, 0.1) is 3.57 Å². The summed E-state index contributed by atoms with van der Waals surface area (Å²) in [4.78, 5) is 24.7. The SMILES string of the molecule is CCOc1cc([C@H]2NC(=O)NC(C)=C2C(=O)OC)ccc1OC[C@H](O)N/N=C/c1cc(I)c(OCc2cccc(Cl)c2)c(OCC)c1. The van der Waals surface area contributed by atoms with Crippen LogP contribution in [0.15, 0.2) is 71.0 Å². The summed E-state index contributed by atoms with van der Waals surface area (Å²) < 4.78 is 29.2. The highest BCUT2D eigenvalue weighted by atomic mass is 127. The summed E-state index contributed by atoms with van der Waals surface area (Å²) in [7, 11) is 1.27. The van der Waals surface area contributed by atoms with Gasteiger partial charge in [-0.15, -0.1) is 0 Å². The molecule has 2 amide bonds. The van der Waals surface area contributed by atoms with Crippen LogP contribution < -0.4 is 35.0 Å². The number of benzene rings is 3. The number of hydrazone groups is 1. The quantitative estimate of drug-likeness (QED) is 0.0521. The number of urea groups is 1. The first-order valence-corrected chi connectivity index (χ1v) is 16.1. The van der Waals surface area contributed by atoms with Crippen molar-refractivity contribution in [2.45, 2.75) is 39.6 Å². The van der Waals surface area contributed by atoms with Crippen LogP contribution >= 0.6 is 34.2 Å². The van der Waals surface area contributed by atoms with E-state index in [1.807, 2.05) is 44.2 Å². The summed E-state index contributed by atoms with van der Waals surface area (Å²) in [6, 6.07) is 14.9. The second-order valence-corrected chi connectivity index (χ2v) is 11.7. The molecule has 0 fully saturated rings. The lowest BCUT2D eigenvalue weighted by atomic mass is 9.95. The van der Waals surface area contributed by atoms with Crippen molar-refractivity contribution in [2.24, 2.45) is 5.10 Å². The van der Waals surface area contributed by atoms with Crippen LogP contribution in [-0.2, 0) is 16.1 Å². The summed E-state index contributed by atoms with van der Waals surface area (Å²) in [6.07, 6.45) is 0.392. The number of hydrogen-bond acceptors (Lipinski definition) is 10. The molecule has 1 heterocycles. The van der Waals surface area contributed by atoms with Gasteiger partial charge in [-0.05, 0) is 96.5 Å². The van der Waals surface area contributed by atoms with E-state index in [-0.39, 0.29) is 12.2 Å². The molecule has 1 aliphatic heterocycles. The van der Waals surface area contributed by atoms with Crippen molar-refractivity contribution in [2.75, 3.05) is 26.9 Å². The smallest absolute Gasteiger partial charge is 0.337 e. The molecule has 4 N–H and O–H groups in total. The zero-order valence-corrected chi connectivity index (χ0v) is 29.2. The van der Waals surface area contributed by atoms with Crippen LogP contribution in [0.25, 0.3) is 0 Å². The van der Waals surface area contributed by atoms with Crippen LogP contribution in [-0.4, -0.2) is 56.5 Å². The molecule has 3 aromatic carbocycles. The van der Waals surface area contributed by atoms with E-state index in [9.17, 15) is 14.7 Å². The number of nitrogens with zero attached hydrogens (tertiary/aromatic N) is 1. The Hall–Kier alpha value is -4.21. The molecule has 14 heteroatoms. The van der Waals surface area contributed by atoms with Gasteiger partial charge in [0.25, 0.3) is 0 Å². The van der Waals surface area contributed by atoms with Gasteiger partial charge in [0, 0.05) is 10.7 Å². The van der Waals surface area contributed by atoms with Gasteiger partial charge in [-0.25, -0.2) is 9.59 Å². The lowest BCUT2D eigenvalue weighted by molar-refractivity contribution is -0.136. The number of nitrogens with one attached hydrogen (secondary N) is 3. The minimum Gasteiger partial charge on any atom is -0.490 e. The zero-order valence-electron chi connectivity index (χ0n) is 26.3. The average Bonchev–Trinajstić information content (AvgIpc) is 3.03. The Balaban J connectivity index is 1.40. The lowest BCUT2D eigenvalue weighted by Gasteiger charge is -2.28. The van der Waals surface area contributed by atoms with Crippen molar-refractivity contribution in [3.8, 4) is 23.0 Å². The van der Waals surface area contributed by atoms with Gasteiger partial charge >= 0.3 is 12.0 Å². The molecule has 3 aromatic rings. The molecule has 0 radical (unpaired) electrons. The summed E-state index contributed by atoms with van der Waals surface area (Å²) >= 11 is 8.27. The van der Waals surface area contributed by atoms with Crippen molar-refractivity contribution < 1.29 is 38.4 Å². The molecular weight excluding hydrogens is 743 g/mol. The number of esters is 1. The Bertz CT molecular complexity index is 1650. The van der Waals surface area contributed by atoms with E-state index >= 15 is 0 Å². The van der Waals surface area contributed by atoms with E-state index in [0.717, 1.165) is 14.7 Å². The van der Waals surface area contributed by atoms with Gasteiger partial charge in [0.1, 0.15) is 13.2 Å². The van der Waals surface area contributed by atoms with Gasteiger partial charge in [0.05, 0.1) is 41.7 Å². The van der Waals surface area contributed by atoms with Gasteiger partial charge in [-0.3, -0.25) is 5.43 Å². The number of allylic oxidation sites excluding steroid dienone is 1. The van der Waals surface area contributed by atoms with Crippen LogP contribution in [0.5, 0.6) is 23.0 Å². The van der Waals surface area contributed by atoms with Crippen molar-refractivity contribution in [1.29, 1.82) is 0 Å². The largest absolute Gasteiger partial charge is 0.490 e. The Morgan fingerprint density at radius 3 is 2.55 bits per heavy atom. The maximum Gasteiger partial charge on any atom is 0.337 e. The van der Waals surface area contributed by atoms with Crippen LogP contribution in [0.4, 0.5) is 4.79 Å². The minimum atomic E-state index is -1.16. The van der Waals surface area contributed by atoms with E-state index in [4.69, 9.17) is 35.3 Å². The van der Waals surface area contributed by atoms with E-state index in [1.165, 1.54) is 7.11 Å².